The fourth-order valence-corrected chi connectivity index (χ4v) is 5.23. The predicted molar refractivity (Wildman–Crippen MR) is 141 cm³/mol. The molecule has 2 aliphatic rings. The highest BCUT2D eigenvalue weighted by atomic mass is 19.1. The molecule has 0 radical (unpaired) electrons. The van der Waals surface area contributed by atoms with Crippen LogP contribution in [0.4, 0.5) is 10.3 Å². The molecule has 196 valence electrons. The highest BCUT2D eigenvalue weighted by molar-refractivity contribution is 5.94. The Morgan fingerprint density at radius 3 is 2.65 bits per heavy atom. The summed E-state index contributed by atoms with van der Waals surface area (Å²) in [5, 5.41) is 4.50. The number of rotatable bonds is 8. The summed E-state index contributed by atoms with van der Waals surface area (Å²) in [6.45, 7) is 7.70. The number of aromatic nitrogens is 1. The first kappa shape index (κ1) is 25.4. The summed E-state index contributed by atoms with van der Waals surface area (Å²) in [7, 11) is 0. The normalized spacial score (nSPS) is 18.6. The Hall–Kier alpha value is -3.23. The molecule has 5 rings (SSSR count). The van der Waals surface area contributed by atoms with E-state index in [1.54, 1.807) is 17.0 Å². The van der Waals surface area contributed by atoms with E-state index in [2.05, 4.69) is 21.9 Å². The van der Waals surface area contributed by atoms with Crippen LogP contribution in [0.2, 0.25) is 0 Å². The van der Waals surface area contributed by atoms with Crippen LogP contribution in [0.1, 0.15) is 42.1 Å². The van der Waals surface area contributed by atoms with Crippen LogP contribution in [0.25, 0.3) is 11.3 Å². The number of halogens is 1. The van der Waals surface area contributed by atoms with E-state index in [9.17, 15) is 9.18 Å². The van der Waals surface area contributed by atoms with Gasteiger partial charge in [0, 0.05) is 49.9 Å². The van der Waals surface area contributed by atoms with Gasteiger partial charge in [-0.3, -0.25) is 9.69 Å². The fraction of sp³-hybridized carbons (Fsp3) is 0.448. The molecule has 1 amide bonds. The minimum Gasteiger partial charge on any atom is -0.379 e. The first-order valence-electron chi connectivity index (χ1n) is 13.3. The summed E-state index contributed by atoms with van der Waals surface area (Å²) < 4.78 is 25.6. The van der Waals surface area contributed by atoms with Crippen molar-refractivity contribution in [2.45, 2.75) is 38.8 Å². The second kappa shape index (κ2) is 11.9. The second-order valence-electron chi connectivity index (χ2n) is 9.91. The monoisotopic (exact) mass is 506 g/mol. The van der Waals surface area contributed by atoms with Crippen molar-refractivity contribution in [2.24, 2.45) is 0 Å². The zero-order valence-corrected chi connectivity index (χ0v) is 21.4. The van der Waals surface area contributed by atoms with Crippen LogP contribution in [0.15, 0.2) is 59.1 Å². The minimum atomic E-state index is -0.420. The highest BCUT2D eigenvalue weighted by Crippen LogP contribution is 2.35. The second-order valence-corrected chi connectivity index (χ2v) is 9.91. The number of amides is 1. The number of hydrogen-bond acceptors (Lipinski definition) is 6. The zero-order chi connectivity index (χ0) is 25.6. The van der Waals surface area contributed by atoms with E-state index < -0.39 is 5.82 Å². The Balaban J connectivity index is 1.49. The number of carbonyl (C=O) groups is 1. The van der Waals surface area contributed by atoms with E-state index in [1.165, 1.54) is 18.6 Å². The van der Waals surface area contributed by atoms with Crippen LogP contribution >= 0.6 is 0 Å². The molecule has 37 heavy (non-hydrogen) atoms. The number of nitrogens with zero attached hydrogens (tertiary/aromatic N) is 4. The van der Waals surface area contributed by atoms with E-state index in [1.807, 2.05) is 30.3 Å². The maximum Gasteiger partial charge on any atom is 0.254 e. The van der Waals surface area contributed by atoms with Gasteiger partial charge in [-0.1, -0.05) is 41.6 Å². The molecule has 7 nitrogen and oxygen atoms in total. The Bertz CT molecular complexity index is 1180. The molecule has 0 N–H and O–H groups in total. The van der Waals surface area contributed by atoms with Crippen LogP contribution in [0.3, 0.4) is 0 Å². The Labute approximate surface area is 217 Å². The van der Waals surface area contributed by atoms with Crippen LogP contribution in [0.5, 0.6) is 0 Å². The first-order chi connectivity index (χ1) is 18.1. The van der Waals surface area contributed by atoms with Crippen LogP contribution in [0, 0.1) is 5.82 Å². The van der Waals surface area contributed by atoms with Gasteiger partial charge in [0.05, 0.1) is 25.3 Å². The lowest BCUT2D eigenvalue weighted by Gasteiger charge is -2.34. The summed E-state index contributed by atoms with van der Waals surface area (Å²) >= 11 is 0. The number of hydrogen-bond donors (Lipinski definition) is 0. The number of carbonyl (C=O) groups excluding carboxylic acids is 1. The Kier molecular flexibility index (Phi) is 8.16. The molecule has 0 bridgehead atoms. The molecular formula is C29H35FN4O3. The van der Waals surface area contributed by atoms with Gasteiger partial charge in [-0.15, -0.1) is 0 Å². The smallest absolute Gasteiger partial charge is 0.254 e. The van der Waals surface area contributed by atoms with Gasteiger partial charge in [0.15, 0.2) is 0 Å². The third-order valence-corrected chi connectivity index (χ3v) is 7.38. The standard InChI is InChI=1S/C29H35FN4O3/c1-22-8-5-6-13-34(22)29-26(27(31-37-29)23-9-3-2-4-10-23)21-33(15-14-32-16-18-36-19-17-32)28(35)24-11-7-12-25(30)20-24/h2-4,7,9-12,20,22H,5-6,8,13-19,21H2,1H3/t22-/m1/s1. The van der Waals surface area contributed by atoms with Crippen molar-refractivity contribution in [2.75, 3.05) is 50.8 Å². The quantitative estimate of drug-likeness (QED) is 0.436. The van der Waals surface area contributed by atoms with Gasteiger partial charge in [-0.2, -0.15) is 0 Å². The van der Waals surface area contributed by atoms with Crippen LogP contribution in [-0.4, -0.2) is 72.8 Å². The number of morpholine rings is 1. The van der Waals surface area contributed by atoms with Gasteiger partial charge in [0.2, 0.25) is 5.88 Å². The number of piperidine rings is 1. The molecule has 0 spiro atoms. The Morgan fingerprint density at radius 2 is 1.89 bits per heavy atom. The maximum absolute atomic E-state index is 14.1. The van der Waals surface area contributed by atoms with Crippen molar-refractivity contribution in [1.82, 2.24) is 15.0 Å². The fourth-order valence-electron chi connectivity index (χ4n) is 5.23. The van der Waals surface area contributed by atoms with Crippen molar-refractivity contribution in [1.29, 1.82) is 0 Å². The molecule has 2 saturated heterocycles. The van der Waals surface area contributed by atoms with Crippen molar-refractivity contribution >= 4 is 11.8 Å². The van der Waals surface area contributed by atoms with E-state index >= 15 is 0 Å². The molecule has 0 saturated carbocycles. The van der Waals surface area contributed by atoms with Gasteiger partial charge < -0.3 is 19.1 Å². The lowest BCUT2D eigenvalue weighted by atomic mass is 10.0. The van der Waals surface area contributed by atoms with Crippen molar-refractivity contribution < 1.29 is 18.4 Å². The number of ether oxygens (including phenoxy) is 1. The van der Waals surface area contributed by atoms with Gasteiger partial charge in [-0.25, -0.2) is 4.39 Å². The average molecular weight is 507 g/mol. The molecule has 3 heterocycles. The SMILES string of the molecule is C[C@@H]1CCCCN1c1onc(-c2ccccc2)c1CN(CCN1CCOCC1)C(=O)c1cccc(F)c1. The van der Waals surface area contributed by atoms with Crippen molar-refractivity contribution in [3.8, 4) is 11.3 Å². The average Bonchev–Trinajstić information content (AvgIpc) is 3.35. The topological polar surface area (TPSA) is 62.1 Å². The molecule has 8 heteroatoms. The summed E-state index contributed by atoms with van der Waals surface area (Å²) in [5.74, 6) is 0.108. The maximum atomic E-state index is 14.1. The van der Waals surface area contributed by atoms with E-state index in [0.717, 1.165) is 55.2 Å². The highest BCUT2D eigenvalue weighted by Gasteiger charge is 2.30. The van der Waals surface area contributed by atoms with Crippen molar-refractivity contribution in [3.05, 3.63) is 71.5 Å². The summed E-state index contributed by atoms with van der Waals surface area (Å²) in [6.07, 6.45) is 3.37. The van der Waals surface area contributed by atoms with Gasteiger partial charge >= 0.3 is 0 Å². The third kappa shape index (κ3) is 6.02. The number of benzene rings is 2. The Morgan fingerprint density at radius 1 is 1.08 bits per heavy atom. The van der Waals surface area contributed by atoms with Crippen molar-refractivity contribution in [3.63, 3.8) is 0 Å². The lowest BCUT2D eigenvalue weighted by molar-refractivity contribution is 0.0320. The predicted octanol–water partition coefficient (Wildman–Crippen LogP) is 4.83. The largest absolute Gasteiger partial charge is 0.379 e. The van der Waals surface area contributed by atoms with Crippen LogP contribution < -0.4 is 4.90 Å². The van der Waals surface area contributed by atoms with Crippen LogP contribution in [-0.2, 0) is 11.3 Å². The third-order valence-electron chi connectivity index (χ3n) is 7.38. The zero-order valence-electron chi connectivity index (χ0n) is 21.4. The van der Waals surface area contributed by atoms with E-state index in [0.29, 0.717) is 44.5 Å². The van der Waals surface area contributed by atoms with Gasteiger partial charge in [0.25, 0.3) is 5.91 Å². The molecule has 1 atom stereocenters. The molecular weight excluding hydrogens is 471 g/mol. The molecule has 2 aromatic carbocycles. The van der Waals surface area contributed by atoms with E-state index in [-0.39, 0.29) is 5.91 Å². The molecule has 0 unspecified atom stereocenters. The minimum absolute atomic E-state index is 0.203. The van der Waals surface area contributed by atoms with Gasteiger partial charge in [-0.05, 0) is 44.4 Å². The molecule has 1 aromatic heterocycles. The first-order valence-corrected chi connectivity index (χ1v) is 13.3. The lowest BCUT2D eigenvalue weighted by Crippen LogP contribution is -2.43. The summed E-state index contributed by atoms with van der Waals surface area (Å²) in [6, 6.07) is 16.2. The molecule has 2 fully saturated rings. The summed E-state index contributed by atoms with van der Waals surface area (Å²) in [4.78, 5) is 20.1. The molecule has 3 aromatic rings. The molecule has 2 aliphatic heterocycles. The molecule has 0 aliphatic carbocycles. The van der Waals surface area contributed by atoms with Gasteiger partial charge in [0.1, 0.15) is 11.5 Å². The summed E-state index contributed by atoms with van der Waals surface area (Å²) in [5.41, 5.74) is 2.93. The van der Waals surface area contributed by atoms with E-state index in [4.69, 9.17) is 9.26 Å². The number of anilines is 1.